The number of rotatable bonds is 3. The van der Waals surface area contributed by atoms with Crippen LogP contribution in [0.1, 0.15) is 10.4 Å². The fourth-order valence-corrected chi connectivity index (χ4v) is 4.38. The van der Waals surface area contributed by atoms with Crippen molar-refractivity contribution in [2.75, 3.05) is 19.4 Å². The summed E-state index contributed by atoms with van der Waals surface area (Å²) >= 11 is 1.12. The van der Waals surface area contributed by atoms with Crippen LogP contribution >= 0.6 is 11.3 Å². The Labute approximate surface area is 149 Å². The van der Waals surface area contributed by atoms with Crippen LogP contribution in [0.25, 0.3) is 0 Å². The summed E-state index contributed by atoms with van der Waals surface area (Å²) in [6, 6.07) is 7.42. The van der Waals surface area contributed by atoms with Crippen molar-refractivity contribution in [1.82, 2.24) is 10.2 Å². The molecule has 134 valence electrons. The fraction of sp³-hybridized carbons (Fsp3) is 0.312. The Morgan fingerprint density at radius 2 is 2.16 bits per heavy atom. The summed E-state index contributed by atoms with van der Waals surface area (Å²) in [6.45, 7) is 0.938. The van der Waals surface area contributed by atoms with Gasteiger partial charge in [-0.2, -0.15) is 0 Å². The lowest BCUT2D eigenvalue weighted by Gasteiger charge is -2.20. The maximum Gasteiger partial charge on any atom is 0.318 e. The van der Waals surface area contributed by atoms with E-state index in [4.69, 9.17) is 4.74 Å². The monoisotopic (exact) mass is 384 g/mol. The highest BCUT2D eigenvalue weighted by Crippen LogP contribution is 2.25. The molecule has 2 heterocycles. The summed E-state index contributed by atoms with van der Waals surface area (Å²) in [5.74, 6) is 0.0413. The lowest BCUT2D eigenvalue weighted by molar-refractivity contribution is 0.187. The summed E-state index contributed by atoms with van der Waals surface area (Å²) in [5, 5.41) is 2.74. The van der Waals surface area contributed by atoms with Crippen molar-refractivity contribution in [3.05, 3.63) is 46.6 Å². The van der Waals surface area contributed by atoms with Crippen LogP contribution < -0.4 is 10.1 Å². The van der Waals surface area contributed by atoms with E-state index in [1.807, 2.05) is 0 Å². The van der Waals surface area contributed by atoms with Crippen molar-refractivity contribution in [1.29, 1.82) is 0 Å². The first kappa shape index (κ1) is 17.7. The zero-order valence-electron chi connectivity index (χ0n) is 13.5. The largest absolute Gasteiger partial charge is 0.491 e. The first-order chi connectivity index (χ1) is 11.8. The van der Waals surface area contributed by atoms with Crippen molar-refractivity contribution in [3.63, 3.8) is 0 Å². The number of fused-ring (bicyclic) bond motifs is 1. The summed E-state index contributed by atoms with van der Waals surface area (Å²) in [5.41, 5.74) is 0.352. The normalized spacial score (nSPS) is 14.4. The summed E-state index contributed by atoms with van der Waals surface area (Å²) in [4.78, 5) is 14.6. The first-order valence-corrected chi connectivity index (χ1v) is 10.3. The fourth-order valence-electron chi connectivity index (χ4n) is 2.46. The number of hydrogen-bond acceptors (Lipinski definition) is 5. The summed E-state index contributed by atoms with van der Waals surface area (Å²) in [6.07, 6.45) is 1.14. The minimum Gasteiger partial charge on any atom is -0.491 e. The van der Waals surface area contributed by atoms with Gasteiger partial charge in [0, 0.05) is 16.7 Å². The number of ether oxygens (including phenoxy) is 1. The Bertz CT molecular complexity index is 895. The molecule has 6 nitrogen and oxygen atoms in total. The maximum atomic E-state index is 14.0. The van der Waals surface area contributed by atoms with E-state index in [2.05, 4.69) is 5.32 Å². The van der Waals surface area contributed by atoms with Gasteiger partial charge in [0.1, 0.15) is 22.4 Å². The van der Waals surface area contributed by atoms with E-state index in [1.165, 1.54) is 17.0 Å². The van der Waals surface area contributed by atoms with Crippen molar-refractivity contribution in [2.24, 2.45) is 0 Å². The molecule has 0 aliphatic carbocycles. The van der Waals surface area contributed by atoms with Crippen molar-refractivity contribution >= 4 is 27.2 Å². The molecule has 1 aliphatic rings. The highest BCUT2D eigenvalue weighted by Gasteiger charge is 2.22. The Morgan fingerprint density at radius 1 is 1.36 bits per heavy atom. The number of nitrogens with zero attached hydrogens (tertiary/aromatic N) is 1. The van der Waals surface area contributed by atoms with Gasteiger partial charge in [-0.1, -0.05) is 6.07 Å². The third-order valence-corrected chi connectivity index (χ3v) is 6.65. The standard InChI is InChI=1S/C16H17FN2O4S2/c1-25(21,22)15-6-5-11(24-15)9-18-16(20)19-7-8-23-14-4-2-3-13(17)12(14)10-19/h2-6H,7-10H2,1H3,(H,18,20). The Morgan fingerprint density at radius 3 is 2.88 bits per heavy atom. The van der Waals surface area contributed by atoms with E-state index in [1.54, 1.807) is 18.2 Å². The predicted molar refractivity (Wildman–Crippen MR) is 92.0 cm³/mol. The van der Waals surface area contributed by atoms with Gasteiger partial charge < -0.3 is 15.0 Å². The highest BCUT2D eigenvalue weighted by atomic mass is 32.2. The van der Waals surface area contributed by atoms with Gasteiger partial charge in [0.25, 0.3) is 0 Å². The molecule has 0 radical (unpaired) electrons. The van der Waals surface area contributed by atoms with Gasteiger partial charge in [-0.15, -0.1) is 11.3 Å². The number of hydrogen-bond donors (Lipinski definition) is 1. The molecule has 0 bridgehead atoms. The Balaban J connectivity index is 1.65. The molecule has 0 unspecified atom stereocenters. The van der Waals surface area contributed by atoms with Gasteiger partial charge in [0.05, 0.1) is 19.6 Å². The van der Waals surface area contributed by atoms with E-state index in [9.17, 15) is 17.6 Å². The van der Waals surface area contributed by atoms with Crippen molar-refractivity contribution in [3.8, 4) is 5.75 Å². The van der Waals surface area contributed by atoms with E-state index >= 15 is 0 Å². The zero-order chi connectivity index (χ0) is 18.0. The second kappa shape index (κ2) is 7.01. The van der Waals surface area contributed by atoms with Gasteiger partial charge in [-0.3, -0.25) is 0 Å². The smallest absolute Gasteiger partial charge is 0.318 e. The molecule has 2 amide bonds. The lowest BCUT2D eigenvalue weighted by Crippen LogP contribution is -2.40. The van der Waals surface area contributed by atoms with Crippen molar-refractivity contribution < 1.29 is 22.3 Å². The molecule has 0 spiro atoms. The minimum atomic E-state index is -3.25. The number of benzene rings is 1. The number of nitrogens with one attached hydrogen (secondary N) is 1. The van der Waals surface area contributed by atoms with E-state index in [-0.39, 0.29) is 29.9 Å². The molecule has 1 N–H and O–H groups in total. The summed E-state index contributed by atoms with van der Waals surface area (Å²) < 4.78 is 42.7. The quantitative estimate of drug-likeness (QED) is 0.882. The van der Waals surface area contributed by atoms with Crippen molar-refractivity contribution in [2.45, 2.75) is 17.3 Å². The third kappa shape index (κ3) is 4.10. The van der Waals surface area contributed by atoms with Crippen LogP contribution in [0.5, 0.6) is 5.75 Å². The van der Waals surface area contributed by atoms with Crippen LogP contribution in [0.15, 0.2) is 34.5 Å². The second-order valence-electron chi connectivity index (χ2n) is 5.64. The van der Waals surface area contributed by atoms with Crippen LogP contribution in [0.2, 0.25) is 0 Å². The number of amides is 2. The highest BCUT2D eigenvalue weighted by molar-refractivity contribution is 7.92. The number of sulfone groups is 1. The molecule has 0 fully saturated rings. The van der Waals surface area contributed by atoms with E-state index < -0.39 is 15.7 Å². The van der Waals surface area contributed by atoms with Gasteiger partial charge in [-0.25, -0.2) is 17.6 Å². The molecule has 25 heavy (non-hydrogen) atoms. The van der Waals surface area contributed by atoms with Crippen LogP contribution in [0.3, 0.4) is 0 Å². The van der Waals surface area contributed by atoms with Gasteiger partial charge in [-0.05, 0) is 24.3 Å². The number of thiophene rings is 1. The summed E-state index contributed by atoms with van der Waals surface area (Å²) in [7, 11) is -3.25. The van der Waals surface area contributed by atoms with Gasteiger partial charge in [0.15, 0.2) is 9.84 Å². The second-order valence-corrected chi connectivity index (χ2v) is 9.05. The average molecular weight is 384 g/mol. The maximum absolute atomic E-state index is 14.0. The zero-order valence-corrected chi connectivity index (χ0v) is 15.1. The molecule has 0 saturated carbocycles. The molecule has 0 atom stereocenters. The number of carbonyl (C=O) groups excluding carboxylic acids is 1. The van der Waals surface area contributed by atoms with E-state index in [0.29, 0.717) is 17.9 Å². The average Bonchev–Trinajstić information content (AvgIpc) is 2.92. The minimum absolute atomic E-state index is 0.118. The third-order valence-electron chi connectivity index (χ3n) is 3.75. The van der Waals surface area contributed by atoms with Gasteiger partial charge >= 0.3 is 6.03 Å². The Hall–Kier alpha value is -2.13. The van der Waals surface area contributed by atoms with E-state index in [0.717, 1.165) is 22.5 Å². The number of urea groups is 1. The molecular weight excluding hydrogens is 367 g/mol. The van der Waals surface area contributed by atoms with Crippen LogP contribution in [-0.4, -0.2) is 38.8 Å². The Kier molecular flexibility index (Phi) is 4.96. The van der Waals surface area contributed by atoms with Crippen LogP contribution in [0.4, 0.5) is 9.18 Å². The predicted octanol–water partition coefficient (Wildman–Crippen LogP) is 2.39. The molecule has 2 aromatic rings. The molecular formula is C16H17FN2O4S2. The lowest BCUT2D eigenvalue weighted by atomic mass is 10.2. The first-order valence-electron chi connectivity index (χ1n) is 7.56. The molecule has 1 aromatic carbocycles. The topological polar surface area (TPSA) is 75.7 Å². The van der Waals surface area contributed by atoms with Crippen LogP contribution in [0, 0.1) is 5.82 Å². The number of carbonyl (C=O) groups is 1. The molecule has 1 aliphatic heterocycles. The van der Waals surface area contributed by atoms with Crippen LogP contribution in [-0.2, 0) is 22.9 Å². The SMILES string of the molecule is CS(=O)(=O)c1ccc(CNC(=O)N2CCOc3cccc(F)c3C2)s1. The molecule has 0 saturated heterocycles. The van der Waals surface area contributed by atoms with Gasteiger partial charge in [0.2, 0.25) is 0 Å². The molecule has 9 heteroatoms. The number of halogens is 1. The molecule has 1 aromatic heterocycles. The molecule has 3 rings (SSSR count).